The number of pyridine rings is 2. The minimum atomic E-state index is -0.524. The summed E-state index contributed by atoms with van der Waals surface area (Å²) in [5.41, 5.74) is 0.782. The van der Waals surface area contributed by atoms with Crippen LogP contribution in [-0.2, 0) is 0 Å². The zero-order chi connectivity index (χ0) is 19.7. The van der Waals surface area contributed by atoms with Crippen LogP contribution in [0.3, 0.4) is 0 Å². The second kappa shape index (κ2) is 6.80. The minimum Gasteiger partial charge on any atom is -0.340 e. The average molecular weight is 378 g/mol. The Labute approximate surface area is 159 Å². The van der Waals surface area contributed by atoms with E-state index in [4.69, 9.17) is 4.52 Å². The standard InChI is InChI=1S/C18H18N8O2/c1-18(2,3)13(17-24-15(26-28-17)14-21-9-22-25-14)23-16(27)10-4-7-20-12-5-6-19-8-11(10)12/h4-9,13H,1-3H3,(H,23,27)(H,21,22,25)/t13-/m0/s1. The van der Waals surface area contributed by atoms with Gasteiger partial charge in [0.25, 0.3) is 5.91 Å². The third-order valence-corrected chi connectivity index (χ3v) is 4.24. The van der Waals surface area contributed by atoms with Crippen LogP contribution in [0, 0.1) is 5.41 Å². The first-order valence-corrected chi connectivity index (χ1v) is 8.62. The lowest BCUT2D eigenvalue weighted by Crippen LogP contribution is -2.37. The number of fused-ring (bicyclic) bond motifs is 1. The molecule has 4 rings (SSSR count). The normalized spacial score (nSPS) is 12.8. The van der Waals surface area contributed by atoms with Crippen LogP contribution in [0.5, 0.6) is 0 Å². The van der Waals surface area contributed by atoms with E-state index < -0.39 is 6.04 Å². The molecule has 0 fully saturated rings. The van der Waals surface area contributed by atoms with Gasteiger partial charge in [-0.25, -0.2) is 4.98 Å². The molecule has 0 aliphatic carbocycles. The number of hydrogen-bond acceptors (Lipinski definition) is 8. The molecule has 0 aliphatic heterocycles. The Kier molecular flexibility index (Phi) is 4.30. The number of nitrogens with zero attached hydrogens (tertiary/aromatic N) is 6. The maximum Gasteiger partial charge on any atom is 0.252 e. The molecule has 0 saturated carbocycles. The molecular weight excluding hydrogens is 360 g/mol. The van der Waals surface area contributed by atoms with E-state index in [-0.39, 0.29) is 23.0 Å². The molecule has 0 unspecified atom stereocenters. The fraction of sp³-hybridized carbons (Fsp3) is 0.278. The van der Waals surface area contributed by atoms with E-state index in [0.717, 1.165) is 0 Å². The summed E-state index contributed by atoms with van der Waals surface area (Å²) in [5, 5.41) is 14.1. The highest BCUT2D eigenvalue weighted by Crippen LogP contribution is 2.33. The Hall–Kier alpha value is -3.69. The van der Waals surface area contributed by atoms with Crippen LogP contribution in [0.2, 0.25) is 0 Å². The number of aromatic nitrogens is 7. The number of amides is 1. The fourth-order valence-corrected chi connectivity index (χ4v) is 2.81. The number of rotatable bonds is 4. The van der Waals surface area contributed by atoms with Gasteiger partial charge >= 0.3 is 0 Å². The van der Waals surface area contributed by atoms with Crippen LogP contribution >= 0.6 is 0 Å². The predicted molar refractivity (Wildman–Crippen MR) is 98.9 cm³/mol. The fourth-order valence-electron chi connectivity index (χ4n) is 2.81. The first kappa shape index (κ1) is 17.7. The Morgan fingerprint density at radius 3 is 2.82 bits per heavy atom. The second-order valence-corrected chi connectivity index (χ2v) is 7.31. The van der Waals surface area contributed by atoms with E-state index in [9.17, 15) is 4.79 Å². The van der Waals surface area contributed by atoms with E-state index in [2.05, 4.69) is 40.6 Å². The molecule has 0 bridgehead atoms. The summed E-state index contributed by atoms with van der Waals surface area (Å²) in [6, 6.07) is 2.89. The molecule has 1 atom stereocenters. The van der Waals surface area contributed by atoms with E-state index >= 15 is 0 Å². The number of carbonyl (C=O) groups is 1. The lowest BCUT2D eigenvalue weighted by molar-refractivity contribution is 0.0882. The third-order valence-electron chi connectivity index (χ3n) is 4.24. The number of aromatic amines is 1. The van der Waals surface area contributed by atoms with Crippen molar-refractivity contribution in [2.75, 3.05) is 0 Å². The Morgan fingerprint density at radius 2 is 2.07 bits per heavy atom. The smallest absolute Gasteiger partial charge is 0.252 e. The summed E-state index contributed by atoms with van der Waals surface area (Å²) in [4.78, 5) is 29.8. The number of nitrogens with one attached hydrogen (secondary N) is 2. The molecular formula is C18H18N8O2. The molecule has 0 saturated heterocycles. The van der Waals surface area contributed by atoms with E-state index in [1.165, 1.54) is 6.33 Å². The quantitative estimate of drug-likeness (QED) is 0.552. The van der Waals surface area contributed by atoms with Crippen LogP contribution in [0.1, 0.15) is 43.1 Å². The maximum absolute atomic E-state index is 13.0. The van der Waals surface area contributed by atoms with Gasteiger partial charge in [-0.3, -0.25) is 19.9 Å². The van der Waals surface area contributed by atoms with Gasteiger partial charge in [0, 0.05) is 24.0 Å². The van der Waals surface area contributed by atoms with E-state index in [0.29, 0.717) is 22.3 Å². The summed E-state index contributed by atoms with van der Waals surface area (Å²) >= 11 is 0. The molecule has 4 aromatic rings. The summed E-state index contributed by atoms with van der Waals surface area (Å²) in [5.74, 6) is 0.665. The van der Waals surface area contributed by atoms with Crippen molar-refractivity contribution in [1.82, 2.24) is 40.6 Å². The number of carbonyl (C=O) groups excluding carboxylic acids is 1. The van der Waals surface area contributed by atoms with Crippen molar-refractivity contribution >= 4 is 16.8 Å². The highest BCUT2D eigenvalue weighted by atomic mass is 16.5. The van der Waals surface area contributed by atoms with E-state index in [1.54, 1.807) is 30.7 Å². The molecule has 4 heterocycles. The molecule has 0 radical (unpaired) electrons. The van der Waals surface area contributed by atoms with Crippen molar-refractivity contribution in [1.29, 1.82) is 0 Å². The van der Waals surface area contributed by atoms with Gasteiger partial charge in [-0.1, -0.05) is 25.9 Å². The van der Waals surface area contributed by atoms with Gasteiger partial charge in [0.15, 0.2) is 5.82 Å². The van der Waals surface area contributed by atoms with Crippen molar-refractivity contribution in [3.63, 3.8) is 0 Å². The lowest BCUT2D eigenvalue weighted by atomic mass is 9.86. The maximum atomic E-state index is 13.0. The number of hydrogen-bond donors (Lipinski definition) is 2. The zero-order valence-corrected chi connectivity index (χ0v) is 15.5. The van der Waals surface area contributed by atoms with Crippen molar-refractivity contribution in [2.24, 2.45) is 5.41 Å². The molecule has 10 nitrogen and oxygen atoms in total. The average Bonchev–Trinajstić information content (AvgIpc) is 3.36. The Morgan fingerprint density at radius 1 is 1.21 bits per heavy atom. The monoisotopic (exact) mass is 378 g/mol. The van der Waals surface area contributed by atoms with Crippen LogP contribution in [0.15, 0.2) is 41.6 Å². The van der Waals surface area contributed by atoms with Gasteiger partial charge in [-0.2, -0.15) is 10.1 Å². The summed E-state index contributed by atoms with van der Waals surface area (Å²) < 4.78 is 5.41. The third kappa shape index (κ3) is 3.31. The van der Waals surface area contributed by atoms with Gasteiger partial charge in [-0.15, -0.1) is 0 Å². The first-order valence-electron chi connectivity index (χ1n) is 8.62. The van der Waals surface area contributed by atoms with Gasteiger partial charge in [0.2, 0.25) is 11.7 Å². The summed E-state index contributed by atoms with van der Waals surface area (Å²) in [7, 11) is 0. The zero-order valence-electron chi connectivity index (χ0n) is 15.5. The highest BCUT2D eigenvalue weighted by Gasteiger charge is 2.33. The molecule has 0 aromatic carbocycles. The summed E-state index contributed by atoms with van der Waals surface area (Å²) in [6.07, 6.45) is 6.21. The molecule has 0 spiro atoms. The predicted octanol–water partition coefficient (Wildman–Crippen LogP) is 2.32. The van der Waals surface area contributed by atoms with Crippen molar-refractivity contribution < 1.29 is 9.32 Å². The van der Waals surface area contributed by atoms with Gasteiger partial charge in [0.1, 0.15) is 12.4 Å². The molecule has 4 aromatic heterocycles. The van der Waals surface area contributed by atoms with Gasteiger partial charge < -0.3 is 9.84 Å². The largest absolute Gasteiger partial charge is 0.340 e. The molecule has 0 aliphatic rings. The lowest BCUT2D eigenvalue weighted by Gasteiger charge is -2.28. The second-order valence-electron chi connectivity index (χ2n) is 7.31. The molecule has 1 amide bonds. The van der Waals surface area contributed by atoms with Crippen molar-refractivity contribution in [3.05, 3.63) is 48.5 Å². The van der Waals surface area contributed by atoms with Gasteiger partial charge in [0.05, 0.1) is 11.1 Å². The molecule has 142 valence electrons. The Bertz CT molecular complexity index is 1110. The highest BCUT2D eigenvalue weighted by molar-refractivity contribution is 6.05. The molecule has 2 N–H and O–H groups in total. The van der Waals surface area contributed by atoms with Gasteiger partial charge in [-0.05, 0) is 17.5 Å². The number of H-pyrrole nitrogens is 1. The van der Waals surface area contributed by atoms with Crippen molar-refractivity contribution in [3.8, 4) is 11.6 Å². The molecule has 10 heteroatoms. The molecule has 28 heavy (non-hydrogen) atoms. The van der Waals surface area contributed by atoms with Crippen LogP contribution in [0.4, 0.5) is 0 Å². The van der Waals surface area contributed by atoms with Crippen LogP contribution in [-0.4, -0.2) is 41.2 Å². The first-order chi connectivity index (χ1) is 13.4. The van der Waals surface area contributed by atoms with Crippen LogP contribution < -0.4 is 5.32 Å². The summed E-state index contributed by atoms with van der Waals surface area (Å²) in [6.45, 7) is 5.92. The van der Waals surface area contributed by atoms with Crippen LogP contribution in [0.25, 0.3) is 22.6 Å². The van der Waals surface area contributed by atoms with Crippen molar-refractivity contribution in [2.45, 2.75) is 26.8 Å². The minimum absolute atomic E-state index is 0.273. The SMILES string of the molecule is CC(C)(C)[C@@H](NC(=O)c1ccnc2ccncc12)c1nc(-c2ncn[nH]2)no1. The topological polar surface area (TPSA) is 135 Å². The Balaban J connectivity index is 1.67. The van der Waals surface area contributed by atoms with E-state index in [1.807, 2.05) is 20.8 Å².